The minimum Gasteiger partial charge on any atom is -0.299 e. The molecule has 1 aliphatic carbocycles. The second-order valence-corrected chi connectivity index (χ2v) is 5.09. The fraction of sp³-hybridized carbons (Fsp3) is 0.750. The molecule has 0 bridgehead atoms. The molecule has 74 valence electrons. The monoisotopic (exact) mass is 180 g/mol. The Bertz CT molecular complexity index is 220. The summed E-state index contributed by atoms with van der Waals surface area (Å²) in [4.78, 5) is 12.0. The quantitative estimate of drug-likeness (QED) is 0.566. The molecule has 0 aromatic rings. The molecule has 13 heavy (non-hydrogen) atoms. The first kappa shape index (κ1) is 10.5. The Morgan fingerprint density at radius 3 is 2.46 bits per heavy atom. The van der Waals surface area contributed by atoms with Crippen molar-refractivity contribution in [2.45, 2.75) is 40.5 Å². The van der Waals surface area contributed by atoms with Gasteiger partial charge in [-0.1, -0.05) is 39.8 Å². The van der Waals surface area contributed by atoms with Gasteiger partial charge in [0.2, 0.25) is 0 Å². The van der Waals surface area contributed by atoms with Crippen LogP contribution in [0.25, 0.3) is 0 Å². The summed E-state index contributed by atoms with van der Waals surface area (Å²) < 4.78 is 0. The van der Waals surface area contributed by atoms with Crippen molar-refractivity contribution in [3.05, 3.63) is 12.2 Å². The molecule has 0 heterocycles. The molecule has 2 atom stereocenters. The average Bonchev–Trinajstić information content (AvgIpc) is 2.02. The van der Waals surface area contributed by atoms with Crippen LogP contribution in [0.5, 0.6) is 0 Å². The Morgan fingerprint density at radius 2 is 2.00 bits per heavy atom. The van der Waals surface area contributed by atoms with Crippen LogP contribution in [0.4, 0.5) is 0 Å². The molecule has 2 unspecified atom stereocenters. The molecule has 0 amide bonds. The number of hydrogen-bond donors (Lipinski definition) is 0. The SMILES string of the molecule is CC1C=CCCC1C(=O)C(C)(C)C. The predicted molar refractivity (Wildman–Crippen MR) is 55.5 cm³/mol. The van der Waals surface area contributed by atoms with E-state index >= 15 is 0 Å². The smallest absolute Gasteiger partial charge is 0.141 e. The molecule has 1 rings (SSSR count). The van der Waals surface area contributed by atoms with E-state index < -0.39 is 0 Å². The number of rotatable bonds is 1. The topological polar surface area (TPSA) is 17.1 Å². The highest BCUT2D eigenvalue weighted by atomic mass is 16.1. The fourth-order valence-corrected chi connectivity index (χ4v) is 1.91. The van der Waals surface area contributed by atoms with Crippen molar-refractivity contribution in [3.8, 4) is 0 Å². The van der Waals surface area contributed by atoms with Gasteiger partial charge in [-0.05, 0) is 18.8 Å². The van der Waals surface area contributed by atoms with Crippen molar-refractivity contribution in [1.29, 1.82) is 0 Å². The Kier molecular flexibility index (Phi) is 2.94. The molecule has 0 saturated heterocycles. The van der Waals surface area contributed by atoms with Gasteiger partial charge in [-0.2, -0.15) is 0 Å². The predicted octanol–water partition coefficient (Wildman–Crippen LogP) is 3.20. The largest absolute Gasteiger partial charge is 0.299 e. The van der Waals surface area contributed by atoms with Crippen LogP contribution >= 0.6 is 0 Å². The van der Waals surface area contributed by atoms with Gasteiger partial charge in [0.25, 0.3) is 0 Å². The van der Waals surface area contributed by atoms with E-state index in [0.29, 0.717) is 11.7 Å². The Morgan fingerprint density at radius 1 is 1.38 bits per heavy atom. The molecule has 0 aliphatic heterocycles. The molecule has 0 N–H and O–H groups in total. The zero-order chi connectivity index (χ0) is 10.1. The van der Waals surface area contributed by atoms with Crippen molar-refractivity contribution in [1.82, 2.24) is 0 Å². The maximum atomic E-state index is 12.0. The number of Topliss-reactive ketones (excluding diaryl/α,β-unsaturated/α-hetero) is 1. The minimum absolute atomic E-state index is 0.176. The normalized spacial score (nSPS) is 28.9. The first-order valence-electron chi connectivity index (χ1n) is 5.14. The highest BCUT2D eigenvalue weighted by Gasteiger charge is 2.32. The number of hydrogen-bond acceptors (Lipinski definition) is 1. The molecular weight excluding hydrogens is 160 g/mol. The first-order valence-corrected chi connectivity index (χ1v) is 5.14. The first-order chi connectivity index (χ1) is 5.93. The van der Waals surface area contributed by atoms with Crippen molar-refractivity contribution < 1.29 is 4.79 Å². The molecule has 0 spiro atoms. The van der Waals surface area contributed by atoms with Crippen LogP contribution in [-0.2, 0) is 4.79 Å². The fourth-order valence-electron chi connectivity index (χ4n) is 1.91. The van der Waals surface area contributed by atoms with Crippen LogP contribution in [0.15, 0.2) is 12.2 Å². The number of ketones is 1. The molecular formula is C12H20O. The molecule has 0 aromatic carbocycles. The minimum atomic E-state index is -0.176. The van der Waals surface area contributed by atoms with Crippen molar-refractivity contribution >= 4 is 5.78 Å². The lowest BCUT2D eigenvalue weighted by Crippen LogP contribution is -2.32. The van der Waals surface area contributed by atoms with E-state index in [1.54, 1.807) is 0 Å². The van der Waals surface area contributed by atoms with Gasteiger partial charge in [0, 0.05) is 11.3 Å². The van der Waals surface area contributed by atoms with Gasteiger partial charge in [-0.25, -0.2) is 0 Å². The zero-order valence-electron chi connectivity index (χ0n) is 9.13. The summed E-state index contributed by atoms with van der Waals surface area (Å²) in [6.45, 7) is 8.19. The average molecular weight is 180 g/mol. The summed E-state index contributed by atoms with van der Waals surface area (Å²) in [5.74, 6) is 1.11. The van der Waals surface area contributed by atoms with Crippen molar-refractivity contribution in [2.24, 2.45) is 17.3 Å². The lowest BCUT2D eigenvalue weighted by atomic mass is 9.74. The second-order valence-electron chi connectivity index (χ2n) is 5.09. The van der Waals surface area contributed by atoms with Gasteiger partial charge < -0.3 is 0 Å². The number of carbonyl (C=O) groups excluding carboxylic acids is 1. The molecule has 0 radical (unpaired) electrons. The van der Waals surface area contributed by atoms with Crippen LogP contribution in [-0.4, -0.2) is 5.78 Å². The van der Waals surface area contributed by atoms with E-state index in [4.69, 9.17) is 0 Å². The lowest BCUT2D eigenvalue weighted by Gasteiger charge is -2.29. The molecule has 0 aromatic heterocycles. The third kappa shape index (κ3) is 2.43. The van der Waals surface area contributed by atoms with E-state index in [0.717, 1.165) is 12.8 Å². The van der Waals surface area contributed by atoms with E-state index in [9.17, 15) is 4.79 Å². The molecule has 0 fully saturated rings. The van der Waals surface area contributed by atoms with Crippen LogP contribution in [0.2, 0.25) is 0 Å². The van der Waals surface area contributed by atoms with Crippen molar-refractivity contribution in [2.75, 3.05) is 0 Å². The van der Waals surface area contributed by atoms with Crippen LogP contribution in [0.3, 0.4) is 0 Å². The van der Waals surface area contributed by atoms with Gasteiger partial charge in [0.05, 0.1) is 0 Å². The molecule has 1 nitrogen and oxygen atoms in total. The van der Waals surface area contributed by atoms with Gasteiger partial charge in [0.1, 0.15) is 5.78 Å². The number of allylic oxidation sites excluding steroid dienone is 2. The van der Waals surface area contributed by atoms with Gasteiger partial charge in [-0.3, -0.25) is 4.79 Å². The Hall–Kier alpha value is -0.590. The summed E-state index contributed by atoms with van der Waals surface area (Å²) in [6, 6.07) is 0. The van der Waals surface area contributed by atoms with Gasteiger partial charge >= 0.3 is 0 Å². The molecule has 1 aliphatic rings. The van der Waals surface area contributed by atoms with Crippen LogP contribution in [0.1, 0.15) is 40.5 Å². The molecule has 0 saturated carbocycles. The van der Waals surface area contributed by atoms with Gasteiger partial charge in [0.15, 0.2) is 0 Å². The Labute approximate surface area is 81.2 Å². The van der Waals surface area contributed by atoms with E-state index in [1.807, 2.05) is 20.8 Å². The van der Waals surface area contributed by atoms with Crippen LogP contribution < -0.4 is 0 Å². The summed E-state index contributed by atoms with van der Waals surface area (Å²) in [5, 5.41) is 0. The van der Waals surface area contributed by atoms with Gasteiger partial charge in [-0.15, -0.1) is 0 Å². The summed E-state index contributed by atoms with van der Waals surface area (Å²) in [7, 11) is 0. The number of carbonyl (C=O) groups is 1. The third-order valence-corrected chi connectivity index (χ3v) is 2.79. The van der Waals surface area contributed by atoms with E-state index in [1.165, 1.54) is 0 Å². The third-order valence-electron chi connectivity index (χ3n) is 2.79. The maximum Gasteiger partial charge on any atom is 0.141 e. The second kappa shape index (κ2) is 3.65. The summed E-state index contributed by atoms with van der Waals surface area (Å²) in [5.41, 5.74) is -0.176. The maximum absolute atomic E-state index is 12.0. The zero-order valence-corrected chi connectivity index (χ0v) is 9.13. The highest BCUT2D eigenvalue weighted by Crippen LogP contribution is 2.31. The van der Waals surface area contributed by atoms with Crippen LogP contribution in [0, 0.1) is 17.3 Å². The molecule has 1 heteroatoms. The van der Waals surface area contributed by atoms with E-state index in [2.05, 4.69) is 19.1 Å². The summed E-state index contributed by atoms with van der Waals surface area (Å²) >= 11 is 0. The highest BCUT2D eigenvalue weighted by molar-refractivity contribution is 5.86. The Balaban J connectivity index is 2.72. The standard InChI is InChI=1S/C12H20O/c1-9-7-5-6-8-10(9)11(13)12(2,3)4/h5,7,9-10H,6,8H2,1-4H3. The van der Waals surface area contributed by atoms with Crippen molar-refractivity contribution in [3.63, 3.8) is 0 Å². The lowest BCUT2D eigenvalue weighted by molar-refractivity contribution is -0.131. The summed E-state index contributed by atoms with van der Waals surface area (Å²) in [6.07, 6.45) is 6.47. The van der Waals surface area contributed by atoms with E-state index in [-0.39, 0.29) is 11.3 Å².